The van der Waals surface area contributed by atoms with Crippen LogP contribution < -0.4 is 5.32 Å². The van der Waals surface area contributed by atoms with Gasteiger partial charge in [0.1, 0.15) is 0 Å². The summed E-state index contributed by atoms with van der Waals surface area (Å²) in [6.07, 6.45) is 0. The molecule has 0 aromatic heterocycles. The Kier molecular flexibility index (Phi) is 4.29. The van der Waals surface area contributed by atoms with Gasteiger partial charge in [-0.3, -0.25) is 0 Å². The number of rotatable bonds is 3. The van der Waals surface area contributed by atoms with Gasteiger partial charge in [0, 0.05) is 20.3 Å². The lowest BCUT2D eigenvalue weighted by atomic mass is 10.1. The number of benzene rings is 2. The van der Waals surface area contributed by atoms with E-state index in [2.05, 4.69) is 59.1 Å². The van der Waals surface area contributed by atoms with Crippen LogP contribution in [0.1, 0.15) is 18.5 Å². The molecule has 2 aromatic carbocycles. The van der Waals surface area contributed by atoms with E-state index in [1.807, 2.05) is 24.3 Å². The van der Waals surface area contributed by atoms with Crippen molar-refractivity contribution in [3.63, 3.8) is 0 Å². The van der Waals surface area contributed by atoms with E-state index in [1.54, 1.807) is 0 Å². The molecule has 1 atom stereocenters. The van der Waals surface area contributed by atoms with Crippen molar-refractivity contribution >= 4 is 39.9 Å². The first-order chi connectivity index (χ1) is 8.16. The molecule has 0 saturated heterocycles. The lowest BCUT2D eigenvalue weighted by molar-refractivity contribution is 0.885. The third-order valence-corrected chi connectivity index (χ3v) is 3.66. The van der Waals surface area contributed by atoms with Gasteiger partial charge in [0.15, 0.2) is 0 Å². The van der Waals surface area contributed by atoms with Gasteiger partial charge in [0.05, 0.1) is 0 Å². The van der Waals surface area contributed by atoms with Crippen molar-refractivity contribution in [1.82, 2.24) is 0 Å². The van der Waals surface area contributed by atoms with Crippen LogP contribution in [0.4, 0.5) is 5.69 Å². The summed E-state index contributed by atoms with van der Waals surface area (Å²) in [5.41, 5.74) is 2.23. The molecule has 0 spiro atoms. The lowest BCUT2D eigenvalue weighted by Gasteiger charge is -2.17. The molecule has 0 fully saturated rings. The fraction of sp³-hybridized carbons (Fsp3) is 0.143. The zero-order valence-corrected chi connectivity index (χ0v) is 12.4. The molecule has 88 valence electrons. The Hall–Kier alpha value is -0.740. The van der Waals surface area contributed by atoms with Crippen LogP contribution in [0.3, 0.4) is 0 Å². The monoisotopic (exact) mass is 357 g/mol. The second kappa shape index (κ2) is 5.74. The summed E-state index contributed by atoms with van der Waals surface area (Å²) in [5, 5.41) is 4.24. The summed E-state index contributed by atoms with van der Waals surface area (Å²) in [4.78, 5) is 0. The van der Waals surface area contributed by atoms with Gasteiger partial charge in [-0.25, -0.2) is 0 Å². The van der Waals surface area contributed by atoms with Crippen molar-refractivity contribution in [3.05, 3.63) is 62.7 Å². The molecular formula is C14H13ClIN. The molecule has 0 aliphatic rings. The van der Waals surface area contributed by atoms with Crippen LogP contribution >= 0.6 is 34.2 Å². The Balaban J connectivity index is 2.14. The fourth-order valence-corrected chi connectivity index (χ4v) is 2.36. The van der Waals surface area contributed by atoms with Crippen molar-refractivity contribution in [2.75, 3.05) is 5.32 Å². The highest BCUT2D eigenvalue weighted by Crippen LogP contribution is 2.25. The topological polar surface area (TPSA) is 12.0 Å². The first-order valence-corrected chi connectivity index (χ1v) is 6.89. The molecule has 17 heavy (non-hydrogen) atoms. The number of halogens is 2. The zero-order valence-electron chi connectivity index (χ0n) is 9.45. The third kappa shape index (κ3) is 3.36. The maximum absolute atomic E-state index is 6.17. The van der Waals surface area contributed by atoms with E-state index < -0.39 is 0 Å². The maximum atomic E-state index is 6.17. The van der Waals surface area contributed by atoms with Crippen molar-refractivity contribution < 1.29 is 0 Å². The molecule has 0 heterocycles. The van der Waals surface area contributed by atoms with Crippen molar-refractivity contribution in [1.29, 1.82) is 0 Å². The van der Waals surface area contributed by atoms with E-state index in [9.17, 15) is 0 Å². The molecule has 0 aliphatic carbocycles. The Bertz CT molecular complexity index is 496. The highest BCUT2D eigenvalue weighted by molar-refractivity contribution is 14.1. The van der Waals surface area contributed by atoms with Gasteiger partial charge in [-0.15, -0.1) is 0 Å². The van der Waals surface area contributed by atoms with Crippen LogP contribution in [0.15, 0.2) is 48.5 Å². The lowest BCUT2D eigenvalue weighted by Crippen LogP contribution is -2.06. The van der Waals surface area contributed by atoms with Gasteiger partial charge in [-0.1, -0.05) is 29.8 Å². The summed E-state index contributed by atoms with van der Waals surface area (Å²) in [6, 6.07) is 16.4. The molecule has 2 rings (SSSR count). The van der Waals surface area contributed by atoms with Gasteiger partial charge in [-0.05, 0) is 65.4 Å². The zero-order chi connectivity index (χ0) is 12.3. The third-order valence-electron chi connectivity index (χ3n) is 2.60. The fourth-order valence-electron chi connectivity index (χ4n) is 1.70. The van der Waals surface area contributed by atoms with Crippen LogP contribution in [0, 0.1) is 3.57 Å². The first-order valence-electron chi connectivity index (χ1n) is 5.43. The van der Waals surface area contributed by atoms with Crippen molar-refractivity contribution in [2.45, 2.75) is 13.0 Å². The summed E-state index contributed by atoms with van der Waals surface area (Å²) >= 11 is 8.47. The molecule has 1 N–H and O–H groups in total. The molecule has 1 nitrogen and oxygen atoms in total. The number of nitrogens with one attached hydrogen (secondary N) is 1. The smallest absolute Gasteiger partial charge is 0.0500 e. The minimum atomic E-state index is 0.198. The second-order valence-corrected chi connectivity index (χ2v) is 5.55. The van der Waals surface area contributed by atoms with E-state index in [0.29, 0.717) is 0 Å². The standard InChI is InChI=1S/C14H13ClIN/c1-10(13-4-2-3-5-14(13)15)17-12-8-6-11(16)7-9-12/h2-10,17H,1H3. The van der Waals surface area contributed by atoms with E-state index >= 15 is 0 Å². The Labute approximate surface area is 120 Å². The first kappa shape index (κ1) is 12.7. The quantitative estimate of drug-likeness (QED) is 0.752. The van der Waals surface area contributed by atoms with E-state index in [0.717, 1.165) is 16.3 Å². The van der Waals surface area contributed by atoms with Gasteiger partial charge >= 0.3 is 0 Å². The summed E-state index contributed by atoms with van der Waals surface area (Å²) in [7, 11) is 0. The minimum Gasteiger partial charge on any atom is -0.378 e. The average molecular weight is 358 g/mol. The van der Waals surface area contributed by atoms with Crippen LogP contribution in [-0.4, -0.2) is 0 Å². The van der Waals surface area contributed by atoms with Crippen molar-refractivity contribution in [3.8, 4) is 0 Å². The summed E-state index contributed by atoms with van der Waals surface area (Å²) in [5.74, 6) is 0. The summed E-state index contributed by atoms with van der Waals surface area (Å²) < 4.78 is 1.23. The molecule has 0 amide bonds. The molecule has 0 aliphatic heterocycles. The Morgan fingerprint density at radius 3 is 2.35 bits per heavy atom. The molecule has 3 heteroatoms. The largest absolute Gasteiger partial charge is 0.378 e. The number of anilines is 1. The van der Waals surface area contributed by atoms with Gasteiger partial charge in [0.25, 0.3) is 0 Å². The van der Waals surface area contributed by atoms with Crippen LogP contribution in [0.25, 0.3) is 0 Å². The number of hydrogen-bond acceptors (Lipinski definition) is 1. The van der Waals surface area contributed by atoms with Crippen LogP contribution in [0.5, 0.6) is 0 Å². The molecule has 0 bridgehead atoms. The van der Waals surface area contributed by atoms with Gasteiger partial charge < -0.3 is 5.32 Å². The molecule has 1 unspecified atom stereocenters. The molecule has 2 aromatic rings. The maximum Gasteiger partial charge on any atom is 0.0500 e. The second-order valence-electron chi connectivity index (χ2n) is 3.89. The van der Waals surface area contributed by atoms with E-state index in [4.69, 9.17) is 11.6 Å². The summed E-state index contributed by atoms with van der Waals surface area (Å²) in [6.45, 7) is 2.11. The average Bonchev–Trinajstić information content (AvgIpc) is 2.32. The molecule has 0 saturated carbocycles. The SMILES string of the molecule is CC(Nc1ccc(I)cc1)c1ccccc1Cl. The predicted molar refractivity (Wildman–Crippen MR) is 82.6 cm³/mol. The normalized spacial score (nSPS) is 12.2. The highest BCUT2D eigenvalue weighted by atomic mass is 127. The minimum absolute atomic E-state index is 0.198. The number of hydrogen-bond donors (Lipinski definition) is 1. The molecule has 0 radical (unpaired) electrons. The molecular weight excluding hydrogens is 345 g/mol. The van der Waals surface area contributed by atoms with E-state index in [-0.39, 0.29) is 6.04 Å². The van der Waals surface area contributed by atoms with Crippen LogP contribution in [0.2, 0.25) is 5.02 Å². The van der Waals surface area contributed by atoms with Crippen LogP contribution in [-0.2, 0) is 0 Å². The van der Waals surface area contributed by atoms with Gasteiger partial charge in [-0.2, -0.15) is 0 Å². The van der Waals surface area contributed by atoms with Crippen molar-refractivity contribution in [2.24, 2.45) is 0 Å². The Morgan fingerprint density at radius 1 is 1.06 bits per heavy atom. The van der Waals surface area contributed by atoms with Gasteiger partial charge in [0.2, 0.25) is 0 Å². The highest BCUT2D eigenvalue weighted by Gasteiger charge is 2.08. The predicted octanol–water partition coefficient (Wildman–Crippen LogP) is 5.12. The van der Waals surface area contributed by atoms with E-state index in [1.165, 1.54) is 3.57 Å². The Morgan fingerprint density at radius 2 is 1.71 bits per heavy atom.